The summed E-state index contributed by atoms with van der Waals surface area (Å²) in [5, 5.41) is 3.56. The Morgan fingerprint density at radius 1 is 1.17 bits per heavy atom. The van der Waals surface area contributed by atoms with E-state index in [1.807, 2.05) is 0 Å². The Hall–Kier alpha value is -1.19. The van der Waals surface area contributed by atoms with Crippen LogP contribution in [-0.4, -0.2) is 92.6 Å². The summed E-state index contributed by atoms with van der Waals surface area (Å²) in [5.41, 5.74) is 0.422. The minimum absolute atomic E-state index is 0.0707. The van der Waals surface area contributed by atoms with Gasteiger partial charge in [-0.15, -0.1) is 0 Å². The van der Waals surface area contributed by atoms with Crippen molar-refractivity contribution in [3.63, 3.8) is 0 Å². The zero-order valence-corrected chi connectivity index (χ0v) is 19.3. The molecule has 1 aromatic rings. The van der Waals surface area contributed by atoms with E-state index in [0.29, 0.717) is 49.4 Å². The van der Waals surface area contributed by atoms with Crippen LogP contribution in [0.4, 0.5) is 0 Å². The number of likely N-dealkylation sites (tertiary alicyclic amines) is 1. The molecule has 2 aliphatic rings. The first kappa shape index (κ1) is 23.5. The number of nitrogens with one attached hydrogen (secondary N) is 1. The monoisotopic (exact) mass is 456 g/mol. The maximum absolute atomic E-state index is 13.2. The molecule has 9 heteroatoms. The van der Waals surface area contributed by atoms with Crippen LogP contribution in [0.5, 0.6) is 0 Å². The maximum Gasteiger partial charge on any atom is 0.255 e. The Morgan fingerprint density at radius 2 is 1.90 bits per heavy atom. The minimum atomic E-state index is -3.41. The van der Waals surface area contributed by atoms with Crippen molar-refractivity contribution in [3.8, 4) is 0 Å². The van der Waals surface area contributed by atoms with E-state index in [2.05, 4.69) is 17.1 Å². The Balaban J connectivity index is 1.69. The first-order chi connectivity index (χ1) is 14.4. The number of benzene rings is 1. The Bertz CT molecular complexity index is 814. The second kappa shape index (κ2) is 10.9. The number of sulfonamides is 1. The van der Waals surface area contributed by atoms with Gasteiger partial charge in [0.25, 0.3) is 5.91 Å². The lowest BCUT2D eigenvalue weighted by atomic mass is 10.0. The summed E-state index contributed by atoms with van der Waals surface area (Å²) >= 11 is 6.26. The lowest BCUT2D eigenvalue weighted by Gasteiger charge is -2.35. The van der Waals surface area contributed by atoms with Crippen LogP contribution in [0.2, 0.25) is 5.02 Å². The molecule has 168 valence electrons. The summed E-state index contributed by atoms with van der Waals surface area (Å²) in [5.74, 6) is -0.278. The number of carbonyl (C=O) groups excluding carboxylic acids is 1. The van der Waals surface area contributed by atoms with Gasteiger partial charge >= 0.3 is 0 Å². The molecular formula is C21H33ClN4O3S. The summed E-state index contributed by atoms with van der Waals surface area (Å²) in [6.07, 6.45) is 3.57. The topological polar surface area (TPSA) is 73.0 Å². The summed E-state index contributed by atoms with van der Waals surface area (Å²) in [6.45, 7) is 6.92. The SMILES string of the molecule is CC1CCCCN1CCN(CCS(=O)(=O)N1CCNCC1)C(=O)c1ccccc1Cl. The molecule has 1 N–H and O–H groups in total. The largest absolute Gasteiger partial charge is 0.336 e. The molecule has 0 saturated carbocycles. The van der Waals surface area contributed by atoms with Gasteiger partial charge in [-0.1, -0.05) is 30.2 Å². The van der Waals surface area contributed by atoms with Crippen LogP contribution in [0.25, 0.3) is 0 Å². The van der Waals surface area contributed by atoms with Crippen LogP contribution in [0.1, 0.15) is 36.5 Å². The predicted octanol–water partition coefficient (Wildman–Crippen LogP) is 1.89. The number of hydrogen-bond acceptors (Lipinski definition) is 5. The summed E-state index contributed by atoms with van der Waals surface area (Å²) in [6, 6.07) is 7.44. The van der Waals surface area contributed by atoms with Gasteiger partial charge in [0.15, 0.2) is 0 Å². The van der Waals surface area contributed by atoms with E-state index in [1.165, 1.54) is 17.1 Å². The van der Waals surface area contributed by atoms with Crippen LogP contribution in [0.3, 0.4) is 0 Å². The molecule has 2 heterocycles. The zero-order valence-electron chi connectivity index (χ0n) is 17.7. The molecule has 1 atom stereocenters. The van der Waals surface area contributed by atoms with E-state index in [0.717, 1.165) is 19.5 Å². The number of halogens is 1. The Kier molecular flexibility index (Phi) is 8.53. The summed E-state index contributed by atoms with van der Waals surface area (Å²) < 4.78 is 27.1. The zero-order chi connectivity index (χ0) is 21.6. The second-order valence-electron chi connectivity index (χ2n) is 8.12. The van der Waals surface area contributed by atoms with E-state index in [4.69, 9.17) is 11.6 Å². The first-order valence-electron chi connectivity index (χ1n) is 10.8. The highest BCUT2D eigenvalue weighted by atomic mass is 35.5. The molecule has 2 fully saturated rings. The highest BCUT2D eigenvalue weighted by molar-refractivity contribution is 7.89. The van der Waals surface area contributed by atoms with Gasteiger partial charge in [-0.2, -0.15) is 4.31 Å². The van der Waals surface area contributed by atoms with E-state index < -0.39 is 10.0 Å². The fraction of sp³-hybridized carbons (Fsp3) is 0.667. The number of piperidine rings is 1. The smallest absolute Gasteiger partial charge is 0.255 e. The normalized spacial score (nSPS) is 21.5. The third-order valence-electron chi connectivity index (χ3n) is 6.08. The van der Waals surface area contributed by atoms with Crippen molar-refractivity contribution in [2.24, 2.45) is 0 Å². The molecule has 0 spiro atoms. The fourth-order valence-electron chi connectivity index (χ4n) is 4.14. The van der Waals surface area contributed by atoms with Crippen LogP contribution >= 0.6 is 11.6 Å². The maximum atomic E-state index is 13.2. The van der Waals surface area contributed by atoms with Crippen molar-refractivity contribution >= 4 is 27.5 Å². The number of amides is 1. The molecule has 30 heavy (non-hydrogen) atoms. The number of rotatable bonds is 8. The van der Waals surface area contributed by atoms with Gasteiger partial charge in [-0.05, 0) is 38.4 Å². The van der Waals surface area contributed by atoms with Gasteiger partial charge < -0.3 is 10.2 Å². The van der Waals surface area contributed by atoms with Crippen LogP contribution < -0.4 is 5.32 Å². The van der Waals surface area contributed by atoms with Crippen molar-refractivity contribution in [1.29, 1.82) is 0 Å². The molecule has 0 radical (unpaired) electrons. The van der Waals surface area contributed by atoms with Crippen molar-refractivity contribution < 1.29 is 13.2 Å². The van der Waals surface area contributed by atoms with Crippen molar-refractivity contribution in [2.75, 3.05) is 58.1 Å². The van der Waals surface area contributed by atoms with Gasteiger partial charge in [0.05, 0.1) is 16.3 Å². The number of piperazine rings is 1. The molecule has 0 aromatic heterocycles. The number of hydrogen-bond donors (Lipinski definition) is 1. The summed E-state index contributed by atoms with van der Waals surface area (Å²) in [4.78, 5) is 17.3. The van der Waals surface area contributed by atoms with Crippen molar-refractivity contribution in [1.82, 2.24) is 19.4 Å². The molecule has 0 aliphatic carbocycles. The van der Waals surface area contributed by atoms with Gasteiger partial charge in [0, 0.05) is 51.9 Å². The fourth-order valence-corrected chi connectivity index (χ4v) is 5.80. The molecule has 2 aliphatic heterocycles. The van der Waals surface area contributed by atoms with Gasteiger partial charge in [-0.25, -0.2) is 8.42 Å². The van der Waals surface area contributed by atoms with Gasteiger partial charge in [-0.3, -0.25) is 9.69 Å². The predicted molar refractivity (Wildman–Crippen MR) is 120 cm³/mol. The van der Waals surface area contributed by atoms with E-state index >= 15 is 0 Å². The lowest BCUT2D eigenvalue weighted by Crippen LogP contribution is -2.49. The summed E-state index contributed by atoms with van der Waals surface area (Å²) in [7, 11) is -3.41. The molecule has 2 saturated heterocycles. The average molecular weight is 457 g/mol. The highest BCUT2D eigenvalue weighted by Gasteiger charge is 2.27. The molecule has 1 aromatic carbocycles. The Morgan fingerprint density at radius 3 is 2.60 bits per heavy atom. The molecule has 0 bridgehead atoms. The molecule has 1 amide bonds. The van der Waals surface area contributed by atoms with Crippen LogP contribution in [0.15, 0.2) is 24.3 Å². The van der Waals surface area contributed by atoms with Crippen molar-refractivity contribution in [3.05, 3.63) is 34.9 Å². The molecule has 1 unspecified atom stereocenters. The van der Waals surface area contributed by atoms with E-state index in [-0.39, 0.29) is 18.2 Å². The molecular weight excluding hydrogens is 424 g/mol. The lowest BCUT2D eigenvalue weighted by molar-refractivity contribution is 0.0717. The van der Waals surface area contributed by atoms with Crippen molar-refractivity contribution in [2.45, 2.75) is 32.2 Å². The molecule has 3 rings (SSSR count). The first-order valence-corrected chi connectivity index (χ1v) is 12.8. The Labute approximate surface area is 185 Å². The van der Waals surface area contributed by atoms with Gasteiger partial charge in [0.2, 0.25) is 10.0 Å². The van der Waals surface area contributed by atoms with Crippen LogP contribution in [0, 0.1) is 0 Å². The van der Waals surface area contributed by atoms with Gasteiger partial charge in [0.1, 0.15) is 0 Å². The number of nitrogens with zero attached hydrogens (tertiary/aromatic N) is 3. The minimum Gasteiger partial charge on any atom is -0.336 e. The second-order valence-corrected chi connectivity index (χ2v) is 10.6. The standard InChI is InChI=1S/C21H33ClN4O3S/c1-18-6-4-5-11-24(18)14-15-25(21(27)19-7-2-3-8-20(19)22)16-17-30(28,29)26-12-9-23-10-13-26/h2-3,7-8,18,23H,4-6,9-17H2,1H3. The third kappa shape index (κ3) is 6.17. The van der Waals surface area contributed by atoms with E-state index in [1.54, 1.807) is 29.2 Å². The van der Waals surface area contributed by atoms with E-state index in [9.17, 15) is 13.2 Å². The van der Waals surface area contributed by atoms with Crippen LogP contribution in [-0.2, 0) is 10.0 Å². The average Bonchev–Trinajstić information content (AvgIpc) is 2.75. The number of carbonyl (C=O) groups is 1. The quantitative estimate of drug-likeness (QED) is 0.646. The molecule has 7 nitrogen and oxygen atoms in total. The third-order valence-corrected chi connectivity index (χ3v) is 8.26. The highest BCUT2D eigenvalue weighted by Crippen LogP contribution is 2.19.